The average molecular weight is 278 g/mol. The molecule has 1 aliphatic heterocycles. The zero-order chi connectivity index (χ0) is 14.5. The normalized spacial score (nSPS) is 18.0. The second kappa shape index (κ2) is 6.00. The van der Waals surface area contributed by atoms with Gasteiger partial charge >= 0.3 is 12.0 Å². The number of carbonyl (C=O) groups is 3. The van der Waals surface area contributed by atoms with Crippen molar-refractivity contribution in [2.24, 2.45) is 0 Å². The Morgan fingerprint density at radius 1 is 1.45 bits per heavy atom. The number of nitrogens with one attached hydrogen (secondary N) is 3. The fourth-order valence-electron chi connectivity index (χ4n) is 1.90. The lowest BCUT2D eigenvalue weighted by molar-refractivity contribution is -0.124. The summed E-state index contributed by atoms with van der Waals surface area (Å²) in [6.45, 7) is 0.602. The summed E-state index contributed by atoms with van der Waals surface area (Å²) >= 11 is 0. The highest BCUT2D eigenvalue weighted by Crippen LogP contribution is 2.12. The predicted octanol–water partition coefficient (Wildman–Crippen LogP) is 0.180. The monoisotopic (exact) mass is 278 g/mol. The van der Waals surface area contributed by atoms with Crippen LogP contribution in [0.5, 0.6) is 0 Å². The van der Waals surface area contributed by atoms with E-state index in [1.165, 1.54) is 18.3 Å². The van der Waals surface area contributed by atoms with Gasteiger partial charge in [0.2, 0.25) is 5.91 Å². The molecule has 8 heteroatoms. The Morgan fingerprint density at radius 3 is 2.95 bits per heavy atom. The highest BCUT2D eigenvalue weighted by Gasteiger charge is 2.24. The minimum atomic E-state index is -1.24. The van der Waals surface area contributed by atoms with E-state index >= 15 is 0 Å². The van der Waals surface area contributed by atoms with Crippen LogP contribution in [0.2, 0.25) is 0 Å². The second-order valence-corrected chi connectivity index (χ2v) is 4.29. The topological polar surface area (TPSA) is 120 Å². The number of aromatic nitrogens is 1. The first-order valence-electron chi connectivity index (χ1n) is 6.11. The molecule has 0 bridgehead atoms. The van der Waals surface area contributed by atoms with Crippen molar-refractivity contribution >= 4 is 23.6 Å². The SMILES string of the molecule is O=C(Nc1cccnc1C(=O)O)NC1CCCNC1=O. The zero-order valence-electron chi connectivity index (χ0n) is 10.5. The molecule has 1 fully saturated rings. The van der Waals surface area contributed by atoms with Gasteiger partial charge in [-0.05, 0) is 25.0 Å². The number of urea groups is 1. The first kappa shape index (κ1) is 13.8. The summed E-state index contributed by atoms with van der Waals surface area (Å²) in [5.41, 5.74) is -0.176. The van der Waals surface area contributed by atoms with E-state index in [0.29, 0.717) is 13.0 Å². The van der Waals surface area contributed by atoms with Gasteiger partial charge in [0.05, 0.1) is 5.69 Å². The van der Waals surface area contributed by atoms with Crippen LogP contribution >= 0.6 is 0 Å². The van der Waals surface area contributed by atoms with Crippen LogP contribution in [0, 0.1) is 0 Å². The molecule has 8 nitrogen and oxygen atoms in total. The molecule has 3 amide bonds. The standard InChI is InChI=1S/C12H14N4O4/c17-10-8(4-2-6-14-10)16-12(20)15-7-3-1-5-13-9(7)11(18)19/h1,3,5,8H,2,4,6H2,(H,14,17)(H,18,19)(H2,15,16,20). The number of hydrogen-bond donors (Lipinski definition) is 4. The number of carboxylic acid groups (broad SMARTS) is 1. The third-order valence-corrected chi connectivity index (χ3v) is 2.85. The van der Waals surface area contributed by atoms with Crippen LogP contribution in [-0.2, 0) is 4.79 Å². The minimum Gasteiger partial charge on any atom is -0.476 e. The highest BCUT2D eigenvalue weighted by molar-refractivity contribution is 5.99. The number of rotatable bonds is 3. The molecule has 0 spiro atoms. The van der Waals surface area contributed by atoms with Crippen LogP contribution in [0.25, 0.3) is 0 Å². The molecule has 2 heterocycles. The van der Waals surface area contributed by atoms with Crippen LogP contribution in [0.3, 0.4) is 0 Å². The number of piperidine rings is 1. The smallest absolute Gasteiger partial charge is 0.356 e. The van der Waals surface area contributed by atoms with Gasteiger partial charge in [-0.3, -0.25) is 4.79 Å². The highest BCUT2D eigenvalue weighted by atomic mass is 16.4. The number of nitrogens with zero attached hydrogens (tertiary/aromatic N) is 1. The molecule has 1 saturated heterocycles. The van der Waals surface area contributed by atoms with E-state index in [1.807, 2.05) is 0 Å². The largest absolute Gasteiger partial charge is 0.476 e. The molecule has 0 aromatic carbocycles. The maximum Gasteiger partial charge on any atom is 0.356 e. The molecule has 1 aliphatic rings. The van der Waals surface area contributed by atoms with Crippen LogP contribution in [0.1, 0.15) is 23.3 Å². The van der Waals surface area contributed by atoms with Crippen molar-refractivity contribution in [3.05, 3.63) is 24.0 Å². The van der Waals surface area contributed by atoms with E-state index in [2.05, 4.69) is 20.9 Å². The second-order valence-electron chi connectivity index (χ2n) is 4.29. The Hall–Kier alpha value is -2.64. The molecule has 0 aliphatic carbocycles. The molecule has 1 unspecified atom stereocenters. The van der Waals surface area contributed by atoms with Crippen molar-refractivity contribution < 1.29 is 19.5 Å². The van der Waals surface area contributed by atoms with E-state index in [4.69, 9.17) is 5.11 Å². The molecule has 106 valence electrons. The lowest BCUT2D eigenvalue weighted by atomic mass is 10.1. The summed E-state index contributed by atoms with van der Waals surface area (Å²) in [6.07, 6.45) is 2.66. The van der Waals surface area contributed by atoms with E-state index in [0.717, 1.165) is 6.42 Å². The fraction of sp³-hybridized carbons (Fsp3) is 0.333. The number of anilines is 1. The maximum atomic E-state index is 11.8. The van der Waals surface area contributed by atoms with Gasteiger partial charge in [-0.1, -0.05) is 0 Å². The zero-order valence-corrected chi connectivity index (χ0v) is 10.5. The lowest BCUT2D eigenvalue weighted by Gasteiger charge is -2.22. The summed E-state index contributed by atoms with van der Waals surface area (Å²) in [5, 5.41) is 16.5. The summed E-state index contributed by atoms with van der Waals surface area (Å²) in [4.78, 5) is 37.9. The predicted molar refractivity (Wildman–Crippen MR) is 69.4 cm³/mol. The van der Waals surface area contributed by atoms with Crippen molar-refractivity contribution in [2.75, 3.05) is 11.9 Å². The van der Waals surface area contributed by atoms with E-state index < -0.39 is 18.0 Å². The summed E-state index contributed by atoms with van der Waals surface area (Å²) in [5.74, 6) is -1.48. The van der Waals surface area contributed by atoms with E-state index in [-0.39, 0.29) is 17.3 Å². The molecule has 20 heavy (non-hydrogen) atoms. The van der Waals surface area contributed by atoms with Crippen LogP contribution in [0.4, 0.5) is 10.5 Å². The minimum absolute atomic E-state index is 0.0775. The van der Waals surface area contributed by atoms with Crippen LogP contribution in [-0.4, -0.2) is 40.6 Å². The van der Waals surface area contributed by atoms with Gasteiger partial charge in [-0.15, -0.1) is 0 Å². The van der Waals surface area contributed by atoms with E-state index in [1.54, 1.807) is 0 Å². The van der Waals surface area contributed by atoms with Crippen molar-refractivity contribution in [1.82, 2.24) is 15.6 Å². The first-order valence-corrected chi connectivity index (χ1v) is 6.11. The Bertz CT molecular complexity index is 546. The molecular weight excluding hydrogens is 264 g/mol. The Kier molecular flexibility index (Phi) is 4.14. The molecule has 1 aromatic heterocycles. The molecule has 0 radical (unpaired) electrons. The fourth-order valence-corrected chi connectivity index (χ4v) is 1.90. The first-order chi connectivity index (χ1) is 9.58. The molecular formula is C12H14N4O4. The quantitative estimate of drug-likeness (QED) is 0.628. The Labute approximate surface area is 114 Å². The molecule has 2 rings (SSSR count). The molecule has 1 atom stereocenters. The van der Waals surface area contributed by atoms with Crippen molar-refractivity contribution in [1.29, 1.82) is 0 Å². The summed E-state index contributed by atoms with van der Waals surface area (Å²) in [7, 11) is 0. The van der Waals surface area contributed by atoms with Gasteiger partial charge in [-0.25, -0.2) is 14.6 Å². The molecule has 0 saturated carbocycles. The van der Waals surface area contributed by atoms with Gasteiger partial charge < -0.3 is 21.1 Å². The molecule has 4 N–H and O–H groups in total. The summed E-state index contributed by atoms with van der Waals surface area (Å²) in [6, 6.07) is 1.70. The maximum absolute atomic E-state index is 11.8. The Balaban J connectivity index is 2.01. The Morgan fingerprint density at radius 2 is 2.25 bits per heavy atom. The molecule has 1 aromatic rings. The van der Waals surface area contributed by atoms with Crippen molar-refractivity contribution in [3.8, 4) is 0 Å². The lowest BCUT2D eigenvalue weighted by Crippen LogP contribution is -2.51. The summed E-state index contributed by atoms with van der Waals surface area (Å²) < 4.78 is 0. The van der Waals surface area contributed by atoms with Crippen molar-refractivity contribution in [2.45, 2.75) is 18.9 Å². The van der Waals surface area contributed by atoms with Crippen molar-refractivity contribution in [3.63, 3.8) is 0 Å². The average Bonchev–Trinajstić information content (AvgIpc) is 2.41. The van der Waals surface area contributed by atoms with E-state index in [9.17, 15) is 14.4 Å². The van der Waals surface area contributed by atoms with Crippen LogP contribution in [0.15, 0.2) is 18.3 Å². The number of hydrogen-bond acceptors (Lipinski definition) is 4. The number of aromatic carboxylic acids is 1. The van der Waals surface area contributed by atoms with Crippen LogP contribution < -0.4 is 16.0 Å². The van der Waals surface area contributed by atoms with Gasteiger partial charge in [0.15, 0.2) is 5.69 Å². The third-order valence-electron chi connectivity index (χ3n) is 2.85. The number of carboxylic acids is 1. The van der Waals surface area contributed by atoms with Gasteiger partial charge in [0, 0.05) is 12.7 Å². The number of amides is 3. The van der Waals surface area contributed by atoms with Gasteiger partial charge in [0.1, 0.15) is 6.04 Å². The van der Waals surface area contributed by atoms with Gasteiger partial charge in [-0.2, -0.15) is 0 Å². The third kappa shape index (κ3) is 3.22. The number of carbonyl (C=O) groups excluding carboxylic acids is 2. The number of pyridine rings is 1. The van der Waals surface area contributed by atoms with Gasteiger partial charge in [0.25, 0.3) is 0 Å².